The average Bonchev–Trinajstić information content (AvgIpc) is 3.25. The summed E-state index contributed by atoms with van der Waals surface area (Å²) >= 11 is 0. The fraction of sp³-hybridized carbons (Fsp3) is 0.333. The smallest absolute Gasteiger partial charge is 0.193 e. The highest BCUT2D eigenvalue weighted by atomic mass is 16.3. The van der Waals surface area contributed by atoms with Gasteiger partial charge in [-0.15, -0.1) is 0 Å². The highest BCUT2D eigenvalue weighted by Gasteiger charge is 2.41. The van der Waals surface area contributed by atoms with Gasteiger partial charge in [-0.05, 0) is 69.2 Å². The van der Waals surface area contributed by atoms with E-state index in [4.69, 9.17) is 4.98 Å². The van der Waals surface area contributed by atoms with E-state index in [9.17, 15) is 9.90 Å². The standard InChI is InChI=1S/C30H33N3O2/c1-5-8-19-33-25-18-17-23-26(30(4,35)24-12-10-9-11-22(24)28(23)34)27(25)31-29(33)20-13-15-21(16-14-20)32(6-2)7-3/h9-18,35H,5-8,19H2,1-4H3/t30-/m0/s1. The second-order valence-electron chi connectivity index (χ2n) is 9.46. The van der Waals surface area contributed by atoms with Crippen LogP contribution in [0.1, 0.15) is 67.6 Å². The van der Waals surface area contributed by atoms with Crippen molar-refractivity contribution in [1.29, 1.82) is 0 Å². The van der Waals surface area contributed by atoms with Crippen molar-refractivity contribution in [1.82, 2.24) is 9.55 Å². The number of aromatic nitrogens is 2. The first-order chi connectivity index (χ1) is 16.9. The number of imidazole rings is 1. The zero-order valence-corrected chi connectivity index (χ0v) is 21.0. The van der Waals surface area contributed by atoms with E-state index in [2.05, 4.69) is 54.5 Å². The highest BCUT2D eigenvalue weighted by molar-refractivity contribution is 6.15. The third-order valence-electron chi connectivity index (χ3n) is 7.34. The summed E-state index contributed by atoms with van der Waals surface area (Å²) in [5.74, 6) is 0.812. The first kappa shape index (κ1) is 23.3. The molecule has 0 bridgehead atoms. The lowest BCUT2D eigenvalue weighted by Crippen LogP contribution is -2.33. The SMILES string of the molecule is CCCCn1c(-c2ccc(N(CC)CC)cc2)nc2c3c(ccc21)C(=O)c1ccccc1[C@]3(C)O. The first-order valence-electron chi connectivity index (χ1n) is 12.7. The Hall–Kier alpha value is -3.44. The molecule has 0 fully saturated rings. The van der Waals surface area contributed by atoms with Crippen LogP contribution in [0.2, 0.25) is 0 Å². The van der Waals surface area contributed by atoms with Crippen molar-refractivity contribution >= 4 is 22.5 Å². The predicted octanol–water partition coefficient (Wildman–Crippen LogP) is 6.15. The lowest BCUT2D eigenvalue weighted by molar-refractivity contribution is 0.0871. The topological polar surface area (TPSA) is 58.4 Å². The summed E-state index contributed by atoms with van der Waals surface area (Å²) in [5.41, 5.74) is 4.90. The number of carbonyl (C=O) groups is 1. The van der Waals surface area contributed by atoms with E-state index in [0.717, 1.165) is 49.4 Å². The fourth-order valence-electron chi connectivity index (χ4n) is 5.43. The molecule has 1 N–H and O–H groups in total. The normalized spacial score (nSPS) is 16.9. The van der Waals surface area contributed by atoms with Crippen molar-refractivity contribution in [3.8, 4) is 11.4 Å². The van der Waals surface area contributed by atoms with Gasteiger partial charge < -0.3 is 14.6 Å². The van der Waals surface area contributed by atoms with Crippen LogP contribution in [0.4, 0.5) is 5.69 Å². The predicted molar refractivity (Wildman–Crippen MR) is 142 cm³/mol. The van der Waals surface area contributed by atoms with Crippen LogP contribution in [0.5, 0.6) is 0 Å². The van der Waals surface area contributed by atoms with Gasteiger partial charge in [0.05, 0.1) is 11.0 Å². The second kappa shape index (κ2) is 8.97. The van der Waals surface area contributed by atoms with Gasteiger partial charge in [-0.3, -0.25) is 4.79 Å². The van der Waals surface area contributed by atoms with E-state index >= 15 is 0 Å². The minimum Gasteiger partial charge on any atom is -0.381 e. The Morgan fingerprint density at radius 2 is 1.66 bits per heavy atom. The number of hydrogen-bond donors (Lipinski definition) is 1. The molecule has 1 aromatic heterocycles. The summed E-state index contributed by atoms with van der Waals surface area (Å²) in [5, 5.41) is 11.8. The number of rotatable bonds is 7. The molecule has 4 aromatic rings. The maximum absolute atomic E-state index is 13.4. The summed E-state index contributed by atoms with van der Waals surface area (Å²) in [6.07, 6.45) is 2.08. The molecule has 180 valence electrons. The maximum atomic E-state index is 13.4. The lowest BCUT2D eigenvalue weighted by Gasteiger charge is -2.32. The molecule has 1 aliphatic rings. The van der Waals surface area contributed by atoms with Crippen LogP contribution in [0.15, 0.2) is 60.7 Å². The number of aliphatic hydroxyl groups is 1. The van der Waals surface area contributed by atoms with Crippen molar-refractivity contribution in [2.45, 2.75) is 52.7 Å². The van der Waals surface area contributed by atoms with Crippen LogP contribution in [-0.2, 0) is 12.1 Å². The minimum atomic E-state index is -1.31. The van der Waals surface area contributed by atoms with E-state index in [1.165, 1.54) is 5.69 Å². The zero-order chi connectivity index (χ0) is 24.7. The molecular formula is C30H33N3O2. The number of anilines is 1. The van der Waals surface area contributed by atoms with Crippen molar-refractivity contribution in [3.05, 3.63) is 82.9 Å². The van der Waals surface area contributed by atoms with Gasteiger partial charge in [-0.2, -0.15) is 0 Å². The van der Waals surface area contributed by atoms with E-state index in [0.29, 0.717) is 27.8 Å². The van der Waals surface area contributed by atoms with Crippen LogP contribution in [0.25, 0.3) is 22.4 Å². The molecule has 0 spiro atoms. The third-order valence-corrected chi connectivity index (χ3v) is 7.34. The van der Waals surface area contributed by atoms with Crippen molar-refractivity contribution in [3.63, 3.8) is 0 Å². The molecule has 0 radical (unpaired) electrons. The summed E-state index contributed by atoms with van der Waals surface area (Å²) < 4.78 is 2.24. The quantitative estimate of drug-likeness (QED) is 0.354. The third kappa shape index (κ3) is 3.66. The Kier molecular flexibility index (Phi) is 5.97. The van der Waals surface area contributed by atoms with Gasteiger partial charge in [0.2, 0.25) is 0 Å². The molecule has 0 saturated carbocycles. The molecule has 0 aliphatic heterocycles. The van der Waals surface area contributed by atoms with Gasteiger partial charge in [0.15, 0.2) is 5.78 Å². The summed E-state index contributed by atoms with van der Waals surface area (Å²) in [6, 6.07) is 19.8. The molecule has 1 heterocycles. The van der Waals surface area contributed by atoms with E-state index < -0.39 is 5.60 Å². The minimum absolute atomic E-state index is 0.0581. The molecule has 5 rings (SSSR count). The summed E-state index contributed by atoms with van der Waals surface area (Å²) in [4.78, 5) is 20.8. The Balaban J connectivity index is 1.72. The first-order valence-corrected chi connectivity index (χ1v) is 12.7. The van der Waals surface area contributed by atoms with Crippen molar-refractivity contribution < 1.29 is 9.90 Å². The summed E-state index contributed by atoms with van der Waals surface area (Å²) in [6.45, 7) is 11.0. The van der Waals surface area contributed by atoms with Crippen LogP contribution in [-0.4, -0.2) is 33.5 Å². The number of ketones is 1. The van der Waals surface area contributed by atoms with Crippen LogP contribution in [0.3, 0.4) is 0 Å². The van der Waals surface area contributed by atoms with Gasteiger partial charge in [0.1, 0.15) is 11.4 Å². The van der Waals surface area contributed by atoms with E-state index in [1.54, 1.807) is 13.0 Å². The van der Waals surface area contributed by atoms with Gasteiger partial charge >= 0.3 is 0 Å². The monoisotopic (exact) mass is 467 g/mol. The maximum Gasteiger partial charge on any atom is 0.193 e. The second-order valence-corrected chi connectivity index (χ2v) is 9.46. The van der Waals surface area contributed by atoms with Crippen LogP contribution < -0.4 is 4.90 Å². The Morgan fingerprint density at radius 3 is 2.34 bits per heavy atom. The fourth-order valence-corrected chi connectivity index (χ4v) is 5.43. The molecule has 0 amide bonds. The molecule has 35 heavy (non-hydrogen) atoms. The van der Waals surface area contributed by atoms with Crippen LogP contribution >= 0.6 is 0 Å². The molecule has 1 atom stereocenters. The number of unbranched alkanes of at least 4 members (excludes halogenated alkanes) is 1. The van der Waals surface area contributed by atoms with Gasteiger partial charge in [0, 0.05) is 47.6 Å². The van der Waals surface area contributed by atoms with Crippen molar-refractivity contribution in [2.24, 2.45) is 0 Å². The Morgan fingerprint density at radius 1 is 0.943 bits per heavy atom. The van der Waals surface area contributed by atoms with E-state index in [1.807, 2.05) is 30.3 Å². The van der Waals surface area contributed by atoms with Gasteiger partial charge in [0.25, 0.3) is 0 Å². The molecule has 1 aliphatic carbocycles. The average molecular weight is 468 g/mol. The summed E-state index contributed by atoms with van der Waals surface area (Å²) in [7, 11) is 0. The largest absolute Gasteiger partial charge is 0.381 e. The van der Waals surface area contributed by atoms with Gasteiger partial charge in [-0.1, -0.05) is 37.6 Å². The zero-order valence-electron chi connectivity index (χ0n) is 21.0. The number of aryl methyl sites for hydroxylation is 1. The molecule has 5 heteroatoms. The highest BCUT2D eigenvalue weighted by Crippen LogP contribution is 2.43. The lowest BCUT2D eigenvalue weighted by atomic mass is 9.74. The number of hydrogen-bond acceptors (Lipinski definition) is 4. The van der Waals surface area contributed by atoms with Crippen molar-refractivity contribution in [2.75, 3.05) is 18.0 Å². The Labute approximate surface area is 207 Å². The number of fused-ring (bicyclic) bond motifs is 4. The molecule has 3 aromatic carbocycles. The number of benzene rings is 3. The molecule has 5 nitrogen and oxygen atoms in total. The number of nitrogens with zero attached hydrogens (tertiary/aromatic N) is 3. The number of carbonyl (C=O) groups excluding carboxylic acids is 1. The van der Waals surface area contributed by atoms with E-state index in [-0.39, 0.29) is 5.78 Å². The Bertz CT molecular complexity index is 1400. The van der Waals surface area contributed by atoms with Gasteiger partial charge in [-0.25, -0.2) is 4.98 Å². The molecule has 0 unspecified atom stereocenters. The van der Waals surface area contributed by atoms with Crippen LogP contribution in [0, 0.1) is 0 Å². The molecule has 0 saturated heterocycles. The molecular weight excluding hydrogens is 434 g/mol.